The standard InChI is InChI=1S/C26H27BrN2O2S/c1-30-24-16-22(23(27)17-25(24)31-19-21-10-6-3-7-11-21)26(32)29-14-12-28(13-15-29)18-20-8-4-2-5-9-20/h2-11,16-17H,12-15,18-19H2,1H3. The fourth-order valence-corrected chi connectivity index (χ4v) is 4.82. The molecule has 0 aliphatic carbocycles. The van der Waals surface area contributed by atoms with Crippen LogP contribution in [0, 0.1) is 0 Å². The molecule has 0 saturated carbocycles. The number of thiocarbonyl (C=S) groups is 1. The third-order valence-electron chi connectivity index (χ3n) is 5.63. The first kappa shape index (κ1) is 22.8. The molecule has 0 amide bonds. The minimum Gasteiger partial charge on any atom is -0.493 e. The molecular weight excluding hydrogens is 484 g/mol. The summed E-state index contributed by atoms with van der Waals surface area (Å²) in [5.74, 6) is 1.38. The van der Waals surface area contributed by atoms with E-state index in [-0.39, 0.29) is 0 Å². The first-order valence-electron chi connectivity index (χ1n) is 10.7. The van der Waals surface area contributed by atoms with E-state index in [1.54, 1.807) is 7.11 Å². The second-order valence-electron chi connectivity index (χ2n) is 7.81. The lowest BCUT2D eigenvalue weighted by Crippen LogP contribution is -2.48. The number of methoxy groups -OCH3 is 1. The van der Waals surface area contributed by atoms with Crippen LogP contribution in [0.2, 0.25) is 0 Å². The van der Waals surface area contributed by atoms with Gasteiger partial charge < -0.3 is 14.4 Å². The molecule has 3 aromatic carbocycles. The summed E-state index contributed by atoms with van der Waals surface area (Å²) in [4.78, 5) is 5.59. The molecule has 1 fully saturated rings. The van der Waals surface area contributed by atoms with Gasteiger partial charge >= 0.3 is 0 Å². The average Bonchev–Trinajstić information content (AvgIpc) is 2.84. The molecule has 0 radical (unpaired) electrons. The normalized spacial score (nSPS) is 14.2. The largest absolute Gasteiger partial charge is 0.493 e. The Kier molecular flexibility index (Phi) is 7.79. The molecule has 0 aromatic heterocycles. The summed E-state index contributed by atoms with van der Waals surface area (Å²) in [7, 11) is 1.66. The first-order valence-corrected chi connectivity index (χ1v) is 11.9. The highest BCUT2D eigenvalue weighted by Gasteiger charge is 2.22. The van der Waals surface area contributed by atoms with Crippen LogP contribution in [0.5, 0.6) is 11.5 Å². The van der Waals surface area contributed by atoms with Crippen molar-refractivity contribution in [2.24, 2.45) is 0 Å². The summed E-state index contributed by atoms with van der Waals surface area (Å²) in [6.45, 7) is 5.26. The zero-order valence-electron chi connectivity index (χ0n) is 18.2. The van der Waals surface area contributed by atoms with Crippen LogP contribution in [-0.4, -0.2) is 48.1 Å². The summed E-state index contributed by atoms with van der Waals surface area (Å²) < 4.78 is 12.6. The van der Waals surface area contributed by atoms with E-state index in [9.17, 15) is 0 Å². The number of hydrogen-bond acceptors (Lipinski definition) is 4. The van der Waals surface area contributed by atoms with Gasteiger partial charge in [0.05, 0.1) is 7.11 Å². The van der Waals surface area contributed by atoms with E-state index in [1.165, 1.54) is 5.56 Å². The van der Waals surface area contributed by atoms with Crippen molar-refractivity contribution < 1.29 is 9.47 Å². The van der Waals surface area contributed by atoms with Gasteiger partial charge in [-0.15, -0.1) is 0 Å². The van der Waals surface area contributed by atoms with Crippen molar-refractivity contribution in [2.75, 3.05) is 33.3 Å². The maximum absolute atomic E-state index is 6.03. The van der Waals surface area contributed by atoms with Gasteiger partial charge in [0.1, 0.15) is 11.6 Å². The third-order valence-corrected chi connectivity index (χ3v) is 6.76. The summed E-state index contributed by atoms with van der Waals surface area (Å²) in [5.41, 5.74) is 3.42. The molecule has 3 aromatic rings. The van der Waals surface area contributed by atoms with E-state index in [2.05, 4.69) is 56.1 Å². The van der Waals surface area contributed by atoms with Gasteiger partial charge in [-0.25, -0.2) is 0 Å². The molecule has 1 saturated heterocycles. The smallest absolute Gasteiger partial charge is 0.162 e. The predicted octanol–water partition coefficient (Wildman–Crippen LogP) is 5.53. The highest BCUT2D eigenvalue weighted by molar-refractivity contribution is 9.10. The lowest BCUT2D eigenvalue weighted by molar-refractivity contribution is 0.177. The number of halogens is 1. The quantitative estimate of drug-likeness (QED) is 0.389. The highest BCUT2D eigenvalue weighted by Crippen LogP contribution is 2.35. The van der Waals surface area contributed by atoms with Gasteiger partial charge in [-0.05, 0) is 39.2 Å². The fraction of sp³-hybridized carbons (Fsp3) is 0.269. The molecule has 4 rings (SSSR count). The van der Waals surface area contributed by atoms with Crippen LogP contribution in [0.25, 0.3) is 0 Å². The van der Waals surface area contributed by atoms with Crippen molar-refractivity contribution in [3.05, 3.63) is 94.0 Å². The molecule has 0 atom stereocenters. The highest BCUT2D eigenvalue weighted by atomic mass is 79.9. The summed E-state index contributed by atoms with van der Waals surface area (Å²) in [6, 6.07) is 24.6. The Morgan fingerprint density at radius 3 is 2.12 bits per heavy atom. The monoisotopic (exact) mass is 510 g/mol. The number of nitrogens with zero attached hydrogens (tertiary/aromatic N) is 2. The van der Waals surface area contributed by atoms with Gasteiger partial charge in [-0.3, -0.25) is 4.90 Å². The molecule has 0 unspecified atom stereocenters. The van der Waals surface area contributed by atoms with Crippen LogP contribution < -0.4 is 9.47 Å². The Bertz CT molecular complexity index is 1040. The molecule has 0 spiro atoms. The molecule has 1 aliphatic rings. The van der Waals surface area contributed by atoms with Crippen molar-refractivity contribution in [3.8, 4) is 11.5 Å². The number of benzene rings is 3. The van der Waals surface area contributed by atoms with Gasteiger partial charge in [0.25, 0.3) is 0 Å². The van der Waals surface area contributed by atoms with Crippen LogP contribution in [0.15, 0.2) is 77.3 Å². The van der Waals surface area contributed by atoms with E-state index < -0.39 is 0 Å². The molecule has 4 nitrogen and oxygen atoms in total. The maximum Gasteiger partial charge on any atom is 0.162 e. The van der Waals surface area contributed by atoms with Crippen LogP contribution in [0.4, 0.5) is 0 Å². The molecule has 1 aliphatic heterocycles. The predicted molar refractivity (Wildman–Crippen MR) is 136 cm³/mol. The fourth-order valence-electron chi connectivity index (χ4n) is 3.83. The van der Waals surface area contributed by atoms with Crippen LogP contribution in [0.3, 0.4) is 0 Å². The minimum atomic E-state index is 0.483. The van der Waals surface area contributed by atoms with Gasteiger partial charge in [0.2, 0.25) is 0 Å². The van der Waals surface area contributed by atoms with Gasteiger partial charge in [0.15, 0.2) is 11.5 Å². The molecule has 0 N–H and O–H groups in total. The first-order chi connectivity index (χ1) is 15.6. The van der Waals surface area contributed by atoms with Crippen LogP contribution in [0.1, 0.15) is 16.7 Å². The SMILES string of the molecule is COc1cc(C(=S)N2CCN(Cc3ccccc3)CC2)c(Br)cc1OCc1ccccc1. The van der Waals surface area contributed by atoms with Gasteiger partial charge in [-0.2, -0.15) is 0 Å². The van der Waals surface area contributed by atoms with E-state index in [1.807, 2.05) is 42.5 Å². The Labute approximate surface area is 203 Å². The zero-order valence-corrected chi connectivity index (χ0v) is 20.6. The maximum atomic E-state index is 6.03. The Hall–Kier alpha value is -2.41. The second kappa shape index (κ2) is 10.9. The van der Waals surface area contributed by atoms with Crippen molar-refractivity contribution in [3.63, 3.8) is 0 Å². The summed E-state index contributed by atoms with van der Waals surface area (Å²) in [5, 5.41) is 0. The summed E-state index contributed by atoms with van der Waals surface area (Å²) >= 11 is 9.57. The number of rotatable bonds is 7. The van der Waals surface area contributed by atoms with Crippen molar-refractivity contribution in [1.82, 2.24) is 9.80 Å². The van der Waals surface area contributed by atoms with E-state index in [0.29, 0.717) is 18.1 Å². The number of piperazine rings is 1. The average molecular weight is 511 g/mol. The second-order valence-corrected chi connectivity index (χ2v) is 9.05. The Balaban J connectivity index is 1.40. The lowest BCUT2D eigenvalue weighted by Gasteiger charge is -2.36. The van der Waals surface area contributed by atoms with Crippen LogP contribution in [-0.2, 0) is 13.2 Å². The third kappa shape index (κ3) is 5.68. The molecule has 166 valence electrons. The summed E-state index contributed by atoms with van der Waals surface area (Å²) in [6.07, 6.45) is 0. The molecule has 32 heavy (non-hydrogen) atoms. The van der Waals surface area contributed by atoms with Crippen molar-refractivity contribution in [1.29, 1.82) is 0 Å². The minimum absolute atomic E-state index is 0.483. The lowest BCUT2D eigenvalue weighted by atomic mass is 10.1. The molecule has 0 bridgehead atoms. The Morgan fingerprint density at radius 2 is 1.50 bits per heavy atom. The molecular formula is C26H27BrN2O2S. The Morgan fingerprint density at radius 1 is 0.875 bits per heavy atom. The van der Waals surface area contributed by atoms with E-state index in [4.69, 9.17) is 21.7 Å². The van der Waals surface area contributed by atoms with Gasteiger partial charge in [-0.1, -0.05) is 72.9 Å². The number of ether oxygens (including phenoxy) is 2. The van der Waals surface area contributed by atoms with E-state index in [0.717, 1.165) is 53.3 Å². The number of hydrogen-bond donors (Lipinski definition) is 0. The van der Waals surface area contributed by atoms with Crippen LogP contribution >= 0.6 is 28.1 Å². The zero-order chi connectivity index (χ0) is 22.3. The van der Waals surface area contributed by atoms with E-state index >= 15 is 0 Å². The van der Waals surface area contributed by atoms with Crippen molar-refractivity contribution in [2.45, 2.75) is 13.2 Å². The van der Waals surface area contributed by atoms with Crippen molar-refractivity contribution >= 4 is 33.1 Å². The topological polar surface area (TPSA) is 24.9 Å². The van der Waals surface area contributed by atoms with Gasteiger partial charge in [0, 0.05) is 42.8 Å². The molecule has 6 heteroatoms. The molecule has 1 heterocycles.